The van der Waals surface area contributed by atoms with Gasteiger partial charge in [-0.1, -0.05) is 32.0 Å². The first-order valence-electron chi connectivity index (χ1n) is 6.93. The number of hydrogen-bond acceptors (Lipinski definition) is 3. The Morgan fingerprint density at radius 2 is 1.89 bits per heavy atom. The van der Waals surface area contributed by atoms with Crippen LogP contribution in [0, 0.1) is 0 Å². The van der Waals surface area contributed by atoms with E-state index >= 15 is 0 Å². The molecule has 3 nitrogen and oxygen atoms in total. The molecular weight excluding hydrogens is 256 g/mol. The van der Waals surface area contributed by atoms with Gasteiger partial charge in [0.25, 0.3) is 0 Å². The number of rotatable bonds is 9. The third kappa shape index (κ3) is 7.23. The lowest BCUT2D eigenvalue weighted by molar-refractivity contribution is -0.118. The number of carbonyl (C=O) groups is 1. The van der Waals surface area contributed by atoms with Crippen LogP contribution in [0.1, 0.15) is 20.3 Å². The first kappa shape index (κ1) is 16.1. The van der Waals surface area contributed by atoms with Crippen LogP contribution in [-0.2, 0) is 4.79 Å². The highest BCUT2D eigenvalue weighted by molar-refractivity contribution is 8.00. The maximum Gasteiger partial charge on any atom is 0.230 e. The van der Waals surface area contributed by atoms with Gasteiger partial charge in [0.15, 0.2) is 0 Å². The highest BCUT2D eigenvalue weighted by Crippen LogP contribution is 2.15. The molecule has 0 aliphatic heterocycles. The molecule has 0 aliphatic rings. The monoisotopic (exact) mass is 280 g/mol. The normalized spacial score (nSPS) is 10.7. The van der Waals surface area contributed by atoms with Crippen molar-refractivity contribution in [1.82, 2.24) is 10.2 Å². The molecule has 0 fully saturated rings. The lowest BCUT2D eigenvalue weighted by Crippen LogP contribution is -2.30. The Morgan fingerprint density at radius 3 is 2.53 bits per heavy atom. The maximum atomic E-state index is 11.7. The number of benzene rings is 1. The molecule has 0 aliphatic carbocycles. The summed E-state index contributed by atoms with van der Waals surface area (Å²) in [6.45, 7) is 8.31. The molecule has 0 atom stereocenters. The summed E-state index contributed by atoms with van der Waals surface area (Å²) in [6.07, 6.45) is 1.02. The van der Waals surface area contributed by atoms with E-state index in [0.29, 0.717) is 5.75 Å². The quantitative estimate of drug-likeness (QED) is 0.557. The molecule has 0 spiro atoms. The van der Waals surface area contributed by atoms with Crippen molar-refractivity contribution < 1.29 is 4.79 Å². The summed E-state index contributed by atoms with van der Waals surface area (Å²) in [4.78, 5) is 15.2. The molecule has 0 bridgehead atoms. The predicted octanol–water partition coefficient (Wildman–Crippen LogP) is 2.63. The fourth-order valence-electron chi connectivity index (χ4n) is 1.79. The van der Waals surface area contributed by atoms with E-state index < -0.39 is 0 Å². The van der Waals surface area contributed by atoms with E-state index in [1.165, 1.54) is 0 Å². The van der Waals surface area contributed by atoms with Crippen molar-refractivity contribution in [2.75, 3.05) is 31.9 Å². The van der Waals surface area contributed by atoms with E-state index in [1.807, 2.05) is 30.3 Å². The molecule has 0 unspecified atom stereocenters. The Morgan fingerprint density at radius 1 is 1.21 bits per heavy atom. The molecule has 0 saturated carbocycles. The summed E-state index contributed by atoms with van der Waals surface area (Å²) < 4.78 is 0. The zero-order valence-corrected chi connectivity index (χ0v) is 12.7. The summed E-state index contributed by atoms with van der Waals surface area (Å²) >= 11 is 1.58. The Hall–Kier alpha value is -1.00. The van der Waals surface area contributed by atoms with Crippen LogP contribution in [0.3, 0.4) is 0 Å². The molecule has 1 N–H and O–H groups in total. The third-order valence-electron chi connectivity index (χ3n) is 2.98. The van der Waals surface area contributed by atoms with Crippen LogP contribution < -0.4 is 5.32 Å². The van der Waals surface area contributed by atoms with Crippen LogP contribution in [0.4, 0.5) is 0 Å². The summed E-state index contributed by atoms with van der Waals surface area (Å²) in [5.41, 5.74) is 0. The van der Waals surface area contributed by atoms with Gasteiger partial charge in [-0.15, -0.1) is 11.8 Å². The molecule has 19 heavy (non-hydrogen) atoms. The Labute approximate surface area is 120 Å². The van der Waals surface area contributed by atoms with Crippen molar-refractivity contribution in [3.63, 3.8) is 0 Å². The number of carbonyl (C=O) groups excluding carboxylic acids is 1. The fourth-order valence-corrected chi connectivity index (χ4v) is 2.54. The van der Waals surface area contributed by atoms with Gasteiger partial charge in [-0.3, -0.25) is 4.79 Å². The number of amides is 1. The van der Waals surface area contributed by atoms with Crippen LogP contribution in [0.2, 0.25) is 0 Å². The molecule has 0 radical (unpaired) electrons. The minimum atomic E-state index is 0.119. The molecule has 1 aromatic carbocycles. The van der Waals surface area contributed by atoms with E-state index in [9.17, 15) is 4.79 Å². The Bertz CT molecular complexity index is 352. The number of thioether (sulfide) groups is 1. The Kier molecular flexibility index (Phi) is 8.34. The van der Waals surface area contributed by atoms with Gasteiger partial charge in [0.1, 0.15) is 0 Å². The summed E-state index contributed by atoms with van der Waals surface area (Å²) in [5, 5.41) is 2.97. The van der Waals surface area contributed by atoms with Crippen molar-refractivity contribution in [2.45, 2.75) is 25.2 Å². The van der Waals surface area contributed by atoms with Gasteiger partial charge in [-0.25, -0.2) is 0 Å². The number of nitrogens with one attached hydrogen (secondary N) is 1. The third-order valence-corrected chi connectivity index (χ3v) is 3.99. The van der Waals surface area contributed by atoms with Crippen molar-refractivity contribution >= 4 is 17.7 Å². The average molecular weight is 280 g/mol. The van der Waals surface area contributed by atoms with Gasteiger partial charge >= 0.3 is 0 Å². The molecule has 1 rings (SSSR count). The second-order valence-electron chi connectivity index (χ2n) is 4.33. The first-order valence-corrected chi connectivity index (χ1v) is 7.91. The number of nitrogens with zero attached hydrogens (tertiary/aromatic N) is 1. The molecule has 106 valence electrons. The largest absolute Gasteiger partial charge is 0.355 e. The predicted molar refractivity (Wildman–Crippen MR) is 82.6 cm³/mol. The lowest BCUT2D eigenvalue weighted by atomic mass is 10.3. The standard InChI is InChI=1S/C15H24N2OS/c1-3-17(4-2)12-8-11-16-15(18)13-19-14-9-6-5-7-10-14/h5-7,9-10H,3-4,8,11-13H2,1-2H3,(H,16,18). The minimum absolute atomic E-state index is 0.119. The fraction of sp³-hybridized carbons (Fsp3) is 0.533. The van der Waals surface area contributed by atoms with E-state index in [4.69, 9.17) is 0 Å². The topological polar surface area (TPSA) is 32.3 Å². The van der Waals surface area contributed by atoms with E-state index in [0.717, 1.165) is 37.5 Å². The SMILES string of the molecule is CCN(CC)CCCNC(=O)CSc1ccccc1. The zero-order valence-electron chi connectivity index (χ0n) is 11.9. The molecule has 0 aromatic heterocycles. The van der Waals surface area contributed by atoms with Crippen LogP contribution in [0.5, 0.6) is 0 Å². The smallest absolute Gasteiger partial charge is 0.230 e. The van der Waals surface area contributed by atoms with Crippen molar-refractivity contribution in [3.8, 4) is 0 Å². The molecule has 0 heterocycles. The molecule has 1 aromatic rings. The van der Waals surface area contributed by atoms with Crippen LogP contribution >= 0.6 is 11.8 Å². The van der Waals surface area contributed by atoms with Gasteiger partial charge < -0.3 is 10.2 Å². The summed E-state index contributed by atoms with van der Waals surface area (Å²) in [5.74, 6) is 0.614. The molecule has 4 heteroatoms. The van der Waals surface area contributed by atoms with E-state index in [1.54, 1.807) is 11.8 Å². The summed E-state index contributed by atoms with van der Waals surface area (Å²) in [7, 11) is 0. The summed E-state index contributed by atoms with van der Waals surface area (Å²) in [6, 6.07) is 10.0. The highest BCUT2D eigenvalue weighted by Gasteiger charge is 2.03. The van der Waals surface area contributed by atoms with Crippen molar-refractivity contribution in [3.05, 3.63) is 30.3 Å². The second kappa shape index (κ2) is 9.87. The first-order chi connectivity index (χ1) is 9.26. The second-order valence-corrected chi connectivity index (χ2v) is 5.38. The zero-order chi connectivity index (χ0) is 13.9. The van der Waals surface area contributed by atoms with Gasteiger partial charge in [0.2, 0.25) is 5.91 Å². The van der Waals surface area contributed by atoms with Gasteiger partial charge in [0, 0.05) is 11.4 Å². The van der Waals surface area contributed by atoms with Crippen molar-refractivity contribution in [1.29, 1.82) is 0 Å². The van der Waals surface area contributed by atoms with Crippen LogP contribution in [0.15, 0.2) is 35.2 Å². The number of hydrogen-bond donors (Lipinski definition) is 1. The van der Waals surface area contributed by atoms with Gasteiger partial charge in [0.05, 0.1) is 5.75 Å². The van der Waals surface area contributed by atoms with E-state index in [-0.39, 0.29) is 5.91 Å². The highest BCUT2D eigenvalue weighted by atomic mass is 32.2. The minimum Gasteiger partial charge on any atom is -0.355 e. The van der Waals surface area contributed by atoms with Gasteiger partial charge in [-0.05, 0) is 38.2 Å². The van der Waals surface area contributed by atoms with Crippen LogP contribution in [0.25, 0.3) is 0 Å². The van der Waals surface area contributed by atoms with Gasteiger partial charge in [-0.2, -0.15) is 0 Å². The molecule has 0 saturated heterocycles. The maximum absolute atomic E-state index is 11.7. The molecular formula is C15H24N2OS. The molecule has 1 amide bonds. The Balaban J connectivity index is 2.08. The lowest BCUT2D eigenvalue weighted by Gasteiger charge is -2.17. The van der Waals surface area contributed by atoms with Crippen molar-refractivity contribution in [2.24, 2.45) is 0 Å². The van der Waals surface area contributed by atoms with Crippen LogP contribution in [-0.4, -0.2) is 42.7 Å². The van der Waals surface area contributed by atoms with E-state index in [2.05, 4.69) is 24.1 Å². The average Bonchev–Trinajstić information content (AvgIpc) is 2.46.